The van der Waals surface area contributed by atoms with Gasteiger partial charge in [0, 0.05) is 19.6 Å². The summed E-state index contributed by atoms with van der Waals surface area (Å²) in [6, 6.07) is 0. The molecule has 0 heterocycles. The van der Waals surface area contributed by atoms with Crippen molar-refractivity contribution in [2.24, 2.45) is 5.73 Å². The summed E-state index contributed by atoms with van der Waals surface area (Å²) in [5.41, 5.74) is 5.39. The van der Waals surface area contributed by atoms with Crippen molar-refractivity contribution in [1.29, 1.82) is 0 Å². The molecule has 2 atom stereocenters. The smallest absolute Gasteiger partial charge is 0.457 e. The van der Waals surface area contributed by atoms with Crippen LogP contribution in [-0.2, 0) is 27.9 Å². The molecule has 0 aromatic heterocycles. The van der Waals surface area contributed by atoms with E-state index in [-0.39, 0.29) is 32.3 Å². The van der Waals surface area contributed by atoms with Gasteiger partial charge in [-0.3, -0.25) is 13.8 Å². The summed E-state index contributed by atoms with van der Waals surface area (Å²) in [5.74, 6) is -0.348. The van der Waals surface area contributed by atoms with E-state index in [9.17, 15) is 14.3 Å². The van der Waals surface area contributed by atoms with Crippen molar-refractivity contribution in [3.05, 3.63) is 97.2 Å². The molecule has 0 amide bonds. The van der Waals surface area contributed by atoms with Crippen LogP contribution in [0.4, 0.5) is 0 Å². The van der Waals surface area contributed by atoms with Crippen LogP contribution in [0, 0.1) is 0 Å². The van der Waals surface area contributed by atoms with Gasteiger partial charge in [0.1, 0.15) is 6.10 Å². The number of rotatable bonds is 48. The second-order valence-electron chi connectivity index (χ2n) is 16.6. The fourth-order valence-corrected chi connectivity index (χ4v) is 7.50. The normalized spacial score (nSPS) is 14.1. The van der Waals surface area contributed by atoms with E-state index in [0.29, 0.717) is 13.0 Å². The topological polar surface area (TPSA) is 117 Å². The first-order chi connectivity index (χ1) is 31.4. The molecule has 0 aliphatic rings. The molecule has 9 heteroatoms. The van der Waals surface area contributed by atoms with E-state index in [1.165, 1.54) is 83.5 Å². The third-order valence-corrected chi connectivity index (χ3v) is 11.5. The molecule has 64 heavy (non-hydrogen) atoms. The lowest BCUT2D eigenvalue weighted by Gasteiger charge is -2.20. The van der Waals surface area contributed by atoms with Crippen LogP contribution in [0.2, 0.25) is 0 Å². The number of phosphoric ester groups is 1. The van der Waals surface area contributed by atoms with Gasteiger partial charge in [-0.1, -0.05) is 201 Å². The largest absolute Gasteiger partial charge is 0.472 e. The first-order valence-electron chi connectivity index (χ1n) is 25.7. The Hall–Kier alpha value is -2.58. The molecule has 8 nitrogen and oxygen atoms in total. The van der Waals surface area contributed by atoms with Crippen LogP contribution in [0.1, 0.15) is 206 Å². The highest BCUT2D eigenvalue weighted by molar-refractivity contribution is 7.47. The predicted molar refractivity (Wildman–Crippen MR) is 274 cm³/mol. The molecule has 0 fully saturated rings. The van der Waals surface area contributed by atoms with Gasteiger partial charge >= 0.3 is 13.8 Å². The van der Waals surface area contributed by atoms with Gasteiger partial charge in [-0.05, 0) is 96.3 Å². The maximum Gasteiger partial charge on any atom is 0.472 e. The average Bonchev–Trinajstić information content (AvgIpc) is 3.29. The summed E-state index contributed by atoms with van der Waals surface area (Å²) in [7, 11) is -4.30. The van der Waals surface area contributed by atoms with Crippen LogP contribution >= 0.6 is 7.82 Å². The quantitative estimate of drug-likeness (QED) is 0.0268. The van der Waals surface area contributed by atoms with Gasteiger partial charge in [0.15, 0.2) is 0 Å². The summed E-state index contributed by atoms with van der Waals surface area (Å²) < 4.78 is 33.6. The third-order valence-electron chi connectivity index (χ3n) is 10.5. The molecular formula is C55H96NO7P. The number of esters is 1. The Balaban J connectivity index is 4.03. The fraction of sp³-hybridized carbons (Fsp3) is 0.691. The molecule has 368 valence electrons. The van der Waals surface area contributed by atoms with Crippen molar-refractivity contribution < 1.29 is 32.8 Å². The zero-order valence-electron chi connectivity index (χ0n) is 41.0. The molecule has 0 aromatic rings. The first-order valence-corrected chi connectivity index (χ1v) is 27.2. The standard InChI is InChI=1S/C55H96NO7P/c1-3-5-7-9-11-13-15-17-19-21-23-25-27-28-30-32-34-36-38-40-42-44-46-48-55(57)63-54(53-62-64(58,59)61-51-49-56)52-60-50-47-45-43-41-39-37-35-33-31-29-26-24-22-20-18-16-14-12-10-8-6-4-2/h5,7,11,13,16-19,22-25,28-31,54H,3-4,6,8-10,12,14-15,20-21,26-27,32-53,56H2,1-2H3,(H,58,59)/b7-5-,13-11-,18-16-,19-17-,24-22-,25-23-,30-28-,31-29-. The van der Waals surface area contributed by atoms with E-state index in [1.54, 1.807) is 0 Å². The Kier molecular flexibility index (Phi) is 49.3. The van der Waals surface area contributed by atoms with E-state index in [1.807, 2.05) is 0 Å². The minimum atomic E-state index is -4.30. The monoisotopic (exact) mass is 914 g/mol. The molecule has 3 N–H and O–H groups in total. The molecule has 0 saturated heterocycles. The molecule has 0 aliphatic heterocycles. The van der Waals surface area contributed by atoms with Crippen LogP contribution in [0.5, 0.6) is 0 Å². The number of carbonyl (C=O) groups excluding carboxylic acids is 1. The van der Waals surface area contributed by atoms with Gasteiger partial charge < -0.3 is 20.1 Å². The Labute approximate surface area is 393 Å². The zero-order valence-corrected chi connectivity index (χ0v) is 41.9. The maximum atomic E-state index is 12.7. The van der Waals surface area contributed by atoms with Crippen molar-refractivity contribution in [1.82, 2.24) is 0 Å². The van der Waals surface area contributed by atoms with Crippen molar-refractivity contribution in [2.45, 2.75) is 213 Å². The zero-order chi connectivity index (χ0) is 46.5. The van der Waals surface area contributed by atoms with E-state index in [0.717, 1.165) is 103 Å². The van der Waals surface area contributed by atoms with Gasteiger partial charge in [-0.2, -0.15) is 0 Å². The Morgan fingerprint density at radius 3 is 1.31 bits per heavy atom. The average molecular weight is 914 g/mol. The maximum absolute atomic E-state index is 12.7. The van der Waals surface area contributed by atoms with E-state index >= 15 is 0 Å². The highest BCUT2D eigenvalue weighted by atomic mass is 31.2. The number of hydrogen-bond donors (Lipinski definition) is 2. The third kappa shape index (κ3) is 50.4. The Morgan fingerprint density at radius 2 is 0.875 bits per heavy atom. The fourth-order valence-electron chi connectivity index (χ4n) is 6.74. The molecule has 0 aromatic carbocycles. The summed E-state index contributed by atoms with van der Waals surface area (Å²) in [5, 5.41) is 0. The van der Waals surface area contributed by atoms with Crippen molar-refractivity contribution in [3.8, 4) is 0 Å². The second kappa shape index (κ2) is 51.4. The van der Waals surface area contributed by atoms with E-state index < -0.39 is 13.9 Å². The minimum Gasteiger partial charge on any atom is -0.457 e. The molecule has 0 bridgehead atoms. The summed E-state index contributed by atoms with van der Waals surface area (Å²) >= 11 is 0. The van der Waals surface area contributed by atoms with Crippen LogP contribution in [-0.4, -0.2) is 49.9 Å². The van der Waals surface area contributed by atoms with Crippen molar-refractivity contribution in [2.75, 3.05) is 33.0 Å². The highest BCUT2D eigenvalue weighted by Gasteiger charge is 2.25. The van der Waals surface area contributed by atoms with Gasteiger partial charge in [-0.25, -0.2) is 4.57 Å². The van der Waals surface area contributed by atoms with E-state index in [4.69, 9.17) is 24.3 Å². The number of hydrogen-bond acceptors (Lipinski definition) is 7. The predicted octanol–water partition coefficient (Wildman–Crippen LogP) is 16.2. The highest BCUT2D eigenvalue weighted by Crippen LogP contribution is 2.43. The number of phosphoric acid groups is 1. The summed E-state index contributed by atoms with van der Waals surface area (Å²) in [6.45, 7) is 4.75. The lowest BCUT2D eigenvalue weighted by molar-refractivity contribution is -0.154. The summed E-state index contributed by atoms with van der Waals surface area (Å²) in [4.78, 5) is 22.6. The van der Waals surface area contributed by atoms with Crippen LogP contribution in [0.15, 0.2) is 97.2 Å². The van der Waals surface area contributed by atoms with Crippen molar-refractivity contribution in [3.63, 3.8) is 0 Å². The van der Waals surface area contributed by atoms with Gasteiger partial charge in [0.25, 0.3) is 0 Å². The lowest BCUT2D eigenvalue weighted by atomic mass is 10.1. The molecule has 0 spiro atoms. The van der Waals surface area contributed by atoms with E-state index in [2.05, 4.69) is 111 Å². The SMILES string of the molecule is CC/C=C\C/C=C\C/C=C\C/C=C\C/C=C\CCCCCCCCCC(=O)OC(COCCCCCCCCC/C=C\C/C=C\C/C=C\CCCCCCC)COP(=O)(O)OCCN. The minimum absolute atomic E-state index is 0.0911. The molecule has 0 radical (unpaired) electrons. The Morgan fingerprint density at radius 1 is 0.484 bits per heavy atom. The van der Waals surface area contributed by atoms with Crippen LogP contribution in [0.25, 0.3) is 0 Å². The second-order valence-corrected chi connectivity index (χ2v) is 18.1. The Bertz CT molecular complexity index is 1300. The molecule has 0 rings (SSSR count). The van der Waals surface area contributed by atoms with Crippen LogP contribution in [0.3, 0.4) is 0 Å². The molecular weight excluding hydrogens is 818 g/mol. The number of allylic oxidation sites excluding steroid dienone is 16. The number of unbranched alkanes of at least 4 members (excludes halogenated alkanes) is 19. The van der Waals surface area contributed by atoms with Gasteiger partial charge in [0.05, 0.1) is 19.8 Å². The number of nitrogens with two attached hydrogens (primary N) is 1. The van der Waals surface area contributed by atoms with Crippen LogP contribution < -0.4 is 5.73 Å². The number of ether oxygens (including phenoxy) is 2. The lowest BCUT2D eigenvalue weighted by Crippen LogP contribution is -2.28. The molecule has 0 saturated carbocycles. The molecule has 2 unspecified atom stereocenters. The summed E-state index contributed by atoms with van der Waals surface area (Å²) in [6.07, 6.45) is 68.6. The molecule has 0 aliphatic carbocycles. The van der Waals surface area contributed by atoms with Crippen molar-refractivity contribution >= 4 is 13.8 Å². The van der Waals surface area contributed by atoms with Gasteiger partial charge in [0.2, 0.25) is 0 Å². The first kappa shape index (κ1) is 61.4. The van der Waals surface area contributed by atoms with Gasteiger partial charge in [-0.15, -0.1) is 0 Å². The number of carbonyl (C=O) groups is 1.